The highest BCUT2D eigenvalue weighted by molar-refractivity contribution is 9.10. The molecule has 2 aromatic carbocycles. The molecule has 1 aliphatic carbocycles. The predicted octanol–water partition coefficient (Wildman–Crippen LogP) is 6.39. The Morgan fingerprint density at radius 1 is 1.12 bits per heavy atom. The number of nitrogens with zero attached hydrogens (tertiary/aromatic N) is 4. The second-order valence-corrected chi connectivity index (χ2v) is 19.2. The van der Waals surface area contributed by atoms with Crippen molar-refractivity contribution in [3.63, 3.8) is 0 Å². The topological polar surface area (TPSA) is 175 Å². The Kier molecular flexibility index (Phi) is 14.6. The lowest BCUT2D eigenvalue weighted by atomic mass is 9.79. The molecular weight excluding hydrogens is 911 g/mol. The summed E-state index contributed by atoms with van der Waals surface area (Å²) in [5.74, 6) is -4.01. The van der Waals surface area contributed by atoms with Crippen LogP contribution in [0.4, 0.5) is 13.2 Å². The van der Waals surface area contributed by atoms with E-state index in [-0.39, 0.29) is 30.4 Å². The maximum absolute atomic E-state index is 14.4. The van der Waals surface area contributed by atoms with E-state index in [0.29, 0.717) is 56.8 Å². The number of fused-ring (bicyclic) bond motifs is 5. The number of H-pyrrole nitrogens is 1. The van der Waals surface area contributed by atoms with Gasteiger partial charge >= 0.3 is 6.18 Å². The van der Waals surface area contributed by atoms with Gasteiger partial charge < -0.3 is 35.6 Å². The first-order chi connectivity index (χ1) is 30.9. The predicted molar refractivity (Wildman–Crippen MR) is 243 cm³/mol. The summed E-state index contributed by atoms with van der Waals surface area (Å²) in [6, 6.07) is 9.67. The van der Waals surface area contributed by atoms with Gasteiger partial charge in [0.25, 0.3) is 11.8 Å². The van der Waals surface area contributed by atoms with Gasteiger partial charge in [-0.25, -0.2) is 0 Å². The standard InChI is InChI=1S/C32H40BrN5O5.C15H21F3N2O2/c1-16(2)12-24-29(40)37-11-7-10-25(37)32(42)38(24)30(41)31(43-32,17(3)4)35-28(39)18-13-20-19-8-6-9-22-26(19)21(27(33)34-22)14-23(20)36(5)15-18;1-21-10-3-2-4-14(20-22-11-9-19)12-5-7-13(8-6-12)15(16,17)18/h6,8-9,13,16-18,23-25,34,42H,7,10-12,14-15H2,1-5H3,(H,35,39);5-8H,2-4,9-11,19H2,1H3/b;20-14+/t18-,23-,24+,25+,31-,32+;/m1./s1. The molecule has 0 saturated carbocycles. The summed E-state index contributed by atoms with van der Waals surface area (Å²) < 4.78 is 50.1. The number of methoxy groups -OCH3 is 1. The fraction of sp³-hybridized carbons (Fsp3) is 0.574. The summed E-state index contributed by atoms with van der Waals surface area (Å²) >= 11 is 3.70. The molecular formula is C47H61BrF3N7O7. The number of amides is 3. The van der Waals surface area contributed by atoms with Crippen molar-refractivity contribution in [2.24, 2.45) is 28.6 Å². The molecule has 0 spiro atoms. The number of rotatable bonds is 14. The molecule has 3 amide bonds. The normalized spacial score (nSPS) is 26.6. The lowest BCUT2D eigenvalue weighted by Crippen LogP contribution is -2.71. The van der Waals surface area contributed by atoms with Gasteiger partial charge in [0.15, 0.2) is 0 Å². The van der Waals surface area contributed by atoms with Crippen LogP contribution in [0.25, 0.3) is 16.5 Å². The molecule has 3 fully saturated rings. The first-order valence-electron chi connectivity index (χ1n) is 22.5. The molecule has 354 valence electrons. The van der Waals surface area contributed by atoms with Crippen molar-refractivity contribution in [1.82, 2.24) is 25.0 Å². The van der Waals surface area contributed by atoms with Crippen molar-refractivity contribution < 1.29 is 47.0 Å². The third-order valence-corrected chi connectivity index (χ3v) is 13.9. The Morgan fingerprint density at radius 2 is 1.86 bits per heavy atom. The van der Waals surface area contributed by atoms with E-state index in [1.165, 1.54) is 28.0 Å². The summed E-state index contributed by atoms with van der Waals surface area (Å²) in [4.78, 5) is 55.9. The van der Waals surface area contributed by atoms with E-state index in [2.05, 4.69) is 48.4 Å². The molecule has 18 heteroatoms. The maximum Gasteiger partial charge on any atom is 0.416 e. The highest BCUT2D eigenvalue weighted by Crippen LogP contribution is 2.49. The van der Waals surface area contributed by atoms with Gasteiger partial charge in [-0.3, -0.25) is 28.9 Å². The minimum atomic E-state index is -4.34. The summed E-state index contributed by atoms with van der Waals surface area (Å²) in [6.45, 7) is 9.79. The Balaban J connectivity index is 0.000000243. The Bertz CT molecular complexity index is 2300. The van der Waals surface area contributed by atoms with E-state index >= 15 is 0 Å². The van der Waals surface area contributed by atoms with E-state index in [1.54, 1.807) is 25.9 Å². The quantitative estimate of drug-likeness (QED) is 0.0811. The molecule has 6 atom stereocenters. The molecule has 3 saturated heterocycles. The third-order valence-electron chi connectivity index (χ3n) is 13.2. The van der Waals surface area contributed by atoms with Crippen molar-refractivity contribution in [2.75, 3.05) is 47.0 Å². The first kappa shape index (κ1) is 48.6. The number of hydrogen-bond donors (Lipinski definition) is 4. The van der Waals surface area contributed by atoms with E-state index in [1.807, 2.05) is 33.0 Å². The number of halogens is 4. The number of aliphatic hydroxyl groups is 1. The average Bonchev–Trinajstić information content (AvgIpc) is 3.95. The molecule has 0 bridgehead atoms. The Morgan fingerprint density at radius 3 is 2.52 bits per heavy atom. The second-order valence-electron chi connectivity index (χ2n) is 18.4. The number of nitrogens with one attached hydrogen (secondary N) is 2. The fourth-order valence-corrected chi connectivity index (χ4v) is 10.5. The van der Waals surface area contributed by atoms with Gasteiger partial charge in [-0.05, 0) is 114 Å². The lowest BCUT2D eigenvalue weighted by molar-refractivity contribution is -0.322. The van der Waals surface area contributed by atoms with E-state index in [4.69, 9.17) is 20.0 Å². The van der Waals surface area contributed by atoms with Gasteiger partial charge in [0.1, 0.15) is 18.7 Å². The van der Waals surface area contributed by atoms with Crippen LogP contribution >= 0.6 is 15.9 Å². The summed E-state index contributed by atoms with van der Waals surface area (Å²) in [6.07, 6.45) is 2.39. The number of unbranched alkanes of at least 4 members (excludes halogenated alkanes) is 1. The first-order valence-corrected chi connectivity index (χ1v) is 23.3. The van der Waals surface area contributed by atoms with Crippen LogP contribution in [0, 0.1) is 17.8 Å². The van der Waals surface area contributed by atoms with Crippen molar-refractivity contribution >= 4 is 55.8 Å². The zero-order chi connectivity index (χ0) is 47.0. The Labute approximate surface area is 386 Å². The molecule has 5 N–H and O–H groups in total. The number of nitrogens with two attached hydrogens (primary N) is 1. The van der Waals surface area contributed by atoms with Crippen LogP contribution in [0.15, 0.2) is 58.3 Å². The average molecular weight is 973 g/mol. The lowest BCUT2D eigenvalue weighted by Gasteiger charge is -2.49. The zero-order valence-corrected chi connectivity index (χ0v) is 39.4. The van der Waals surface area contributed by atoms with Gasteiger partial charge in [-0.1, -0.05) is 63.2 Å². The van der Waals surface area contributed by atoms with Crippen LogP contribution in [0.3, 0.4) is 0 Å². The number of ether oxygens (including phenoxy) is 2. The molecule has 4 aliphatic heterocycles. The summed E-state index contributed by atoms with van der Waals surface area (Å²) in [7, 11) is 3.65. The minimum absolute atomic E-state index is 0.104. The van der Waals surface area contributed by atoms with Crippen LogP contribution in [0.1, 0.15) is 88.5 Å². The number of oxime groups is 1. The molecule has 0 radical (unpaired) electrons. The van der Waals surface area contributed by atoms with Crippen molar-refractivity contribution in [2.45, 2.75) is 109 Å². The molecule has 5 heterocycles. The van der Waals surface area contributed by atoms with Crippen LogP contribution in [0.5, 0.6) is 0 Å². The fourth-order valence-electron chi connectivity index (χ4n) is 9.96. The van der Waals surface area contributed by atoms with Gasteiger partial charge in [0, 0.05) is 56.2 Å². The van der Waals surface area contributed by atoms with E-state index in [9.17, 15) is 32.7 Å². The second kappa shape index (κ2) is 19.5. The number of carbonyl (C=O) groups excluding carboxylic acids is 3. The minimum Gasteiger partial charge on any atom is -0.394 e. The molecule has 5 aliphatic rings. The van der Waals surface area contributed by atoms with Gasteiger partial charge in [-0.2, -0.15) is 13.2 Å². The number of carbonyl (C=O) groups is 3. The highest BCUT2D eigenvalue weighted by atomic mass is 79.9. The van der Waals surface area contributed by atoms with E-state index in [0.717, 1.165) is 59.1 Å². The highest BCUT2D eigenvalue weighted by Gasteiger charge is 2.72. The molecule has 65 heavy (non-hydrogen) atoms. The number of hydrogen-bond acceptors (Lipinski definition) is 10. The molecule has 0 unspecified atom stereocenters. The Hall–Kier alpha value is -4.33. The van der Waals surface area contributed by atoms with Crippen molar-refractivity contribution in [1.29, 1.82) is 0 Å². The molecule has 1 aromatic heterocycles. The molecule has 3 aromatic rings. The number of likely N-dealkylation sites (N-methyl/N-ethyl adjacent to an activating group) is 1. The molecule has 8 rings (SSSR count). The van der Waals surface area contributed by atoms with Crippen LogP contribution < -0.4 is 11.1 Å². The zero-order valence-electron chi connectivity index (χ0n) is 37.8. The largest absolute Gasteiger partial charge is 0.416 e. The maximum atomic E-state index is 14.4. The smallest absolute Gasteiger partial charge is 0.394 e. The molecule has 14 nitrogen and oxygen atoms in total. The van der Waals surface area contributed by atoms with Crippen molar-refractivity contribution in [3.8, 4) is 0 Å². The van der Waals surface area contributed by atoms with E-state index < -0.39 is 53.2 Å². The summed E-state index contributed by atoms with van der Waals surface area (Å²) in [5.41, 5.74) is 8.54. The van der Waals surface area contributed by atoms with Crippen LogP contribution in [-0.2, 0) is 41.3 Å². The SMILES string of the molecule is CC(C)C[C@H]1C(=O)N2CCC[C@H]2[C@]2(O)O[C@](NC(=O)[C@@H]3C=C4c5cccc6[nH]c(Br)c(c56)C[C@H]4N(C)C3)(C(C)C)C(=O)N12.COCCCC/C(=N\OCCN)c1ccc(C(F)(F)F)cc1. The van der Waals surface area contributed by atoms with Gasteiger partial charge in [-0.15, -0.1) is 0 Å². The van der Waals surface area contributed by atoms with Crippen molar-refractivity contribution in [3.05, 3.63) is 75.4 Å². The van der Waals surface area contributed by atoms with Gasteiger partial charge in [0.05, 0.1) is 21.8 Å². The number of aromatic nitrogens is 1. The van der Waals surface area contributed by atoms with Crippen LogP contribution in [-0.4, -0.2) is 125 Å². The number of benzene rings is 2. The number of aromatic amines is 1. The number of alkyl halides is 3. The van der Waals surface area contributed by atoms with Crippen LogP contribution in [0.2, 0.25) is 0 Å². The monoisotopic (exact) mass is 971 g/mol. The number of piperazine rings is 1. The van der Waals surface area contributed by atoms with Gasteiger partial charge in [0.2, 0.25) is 17.5 Å². The third kappa shape index (κ3) is 9.35. The summed E-state index contributed by atoms with van der Waals surface area (Å²) in [5, 5.41) is 20.3.